The summed E-state index contributed by atoms with van der Waals surface area (Å²) in [5.74, 6) is 0.0331. The molecular formula is C18H24N4O2. The number of hydrogen-bond acceptors (Lipinski definition) is 4. The van der Waals surface area contributed by atoms with Gasteiger partial charge >= 0.3 is 0 Å². The zero-order chi connectivity index (χ0) is 16.8. The Hall–Kier alpha value is -2.18. The molecule has 0 aliphatic carbocycles. The first-order chi connectivity index (χ1) is 11.7. The Bertz CT molecular complexity index is 663. The van der Waals surface area contributed by atoms with E-state index in [9.17, 15) is 4.79 Å². The first kappa shape index (κ1) is 16.7. The quantitative estimate of drug-likeness (QED) is 0.837. The highest BCUT2D eigenvalue weighted by Gasteiger charge is 2.38. The van der Waals surface area contributed by atoms with Gasteiger partial charge in [0.2, 0.25) is 5.91 Å². The number of nitrogens with one attached hydrogen (secondary N) is 1. The topological polar surface area (TPSA) is 82.2 Å². The maximum atomic E-state index is 12.7. The van der Waals surface area contributed by atoms with Crippen molar-refractivity contribution in [3.8, 4) is 0 Å². The van der Waals surface area contributed by atoms with Crippen LogP contribution in [0.1, 0.15) is 24.0 Å². The monoisotopic (exact) mass is 328 g/mol. The molecule has 0 bridgehead atoms. The van der Waals surface area contributed by atoms with Gasteiger partial charge in [0, 0.05) is 45.2 Å². The highest BCUT2D eigenvalue weighted by atomic mass is 16.5. The Morgan fingerprint density at radius 2 is 2.04 bits per heavy atom. The van der Waals surface area contributed by atoms with Crippen LogP contribution in [0.15, 0.2) is 43.0 Å². The van der Waals surface area contributed by atoms with Crippen LogP contribution in [0.5, 0.6) is 0 Å². The molecular weight excluding hydrogens is 304 g/mol. The Morgan fingerprint density at radius 1 is 1.29 bits per heavy atom. The largest absolute Gasteiger partial charge is 0.381 e. The molecule has 1 aromatic carbocycles. The first-order valence-electron chi connectivity index (χ1n) is 8.32. The number of ether oxygens (including phenoxy) is 1. The second kappa shape index (κ2) is 7.59. The van der Waals surface area contributed by atoms with Crippen LogP contribution in [0.2, 0.25) is 0 Å². The number of nitrogens with two attached hydrogens (primary N) is 1. The zero-order valence-electron chi connectivity index (χ0n) is 13.8. The second-order valence-corrected chi connectivity index (χ2v) is 6.28. The minimum atomic E-state index is -0.489. The fraction of sp³-hybridized carbons (Fsp3) is 0.444. The predicted octanol–water partition coefficient (Wildman–Crippen LogP) is 1.30. The van der Waals surface area contributed by atoms with E-state index in [0.717, 1.165) is 12.1 Å². The van der Waals surface area contributed by atoms with Crippen molar-refractivity contribution >= 4 is 5.91 Å². The van der Waals surface area contributed by atoms with E-state index in [2.05, 4.69) is 16.4 Å². The van der Waals surface area contributed by atoms with Crippen LogP contribution in [0, 0.1) is 5.41 Å². The summed E-state index contributed by atoms with van der Waals surface area (Å²) in [5.41, 5.74) is 7.69. The van der Waals surface area contributed by atoms with Crippen molar-refractivity contribution in [3.05, 3.63) is 54.1 Å². The molecule has 1 aliphatic rings. The maximum Gasteiger partial charge on any atom is 0.227 e. The number of rotatable bonds is 6. The van der Waals surface area contributed by atoms with Crippen molar-refractivity contribution in [2.75, 3.05) is 19.8 Å². The van der Waals surface area contributed by atoms with Crippen LogP contribution in [0.3, 0.4) is 0 Å². The lowest BCUT2D eigenvalue weighted by Gasteiger charge is -2.34. The van der Waals surface area contributed by atoms with E-state index in [4.69, 9.17) is 10.5 Å². The Kier molecular flexibility index (Phi) is 5.27. The average Bonchev–Trinajstić information content (AvgIpc) is 3.14. The fourth-order valence-corrected chi connectivity index (χ4v) is 3.11. The molecule has 0 radical (unpaired) electrons. The highest BCUT2D eigenvalue weighted by molar-refractivity contribution is 5.83. The number of benzene rings is 1. The molecule has 3 N–H and O–H groups in total. The maximum absolute atomic E-state index is 12.7. The molecule has 6 nitrogen and oxygen atoms in total. The van der Waals surface area contributed by atoms with Gasteiger partial charge in [0.1, 0.15) is 0 Å². The van der Waals surface area contributed by atoms with Crippen molar-refractivity contribution < 1.29 is 9.53 Å². The Morgan fingerprint density at radius 3 is 2.71 bits per heavy atom. The smallest absolute Gasteiger partial charge is 0.227 e. The van der Waals surface area contributed by atoms with Gasteiger partial charge in [-0.25, -0.2) is 4.98 Å². The van der Waals surface area contributed by atoms with E-state index >= 15 is 0 Å². The molecule has 0 saturated carbocycles. The molecule has 128 valence electrons. The lowest BCUT2D eigenvalue weighted by Crippen LogP contribution is -2.49. The fourth-order valence-electron chi connectivity index (χ4n) is 3.11. The van der Waals surface area contributed by atoms with Crippen LogP contribution in [-0.4, -0.2) is 35.2 Å². The summed E-state index contributed by atoms with van der Waals surface area (Å²) in [5, 5.41) is 3.08. The summed E-state index contributed by atoms with van der Waals surface area (Å²) >= 11 is 0. The molecule has 0 atom stereocenters. The standard InChI is InChI=1S/C18H24N4O2/c19-13-18(5-9-24-10-6-18)17(23)21-11-15-3-1-2-4-16(15)12-22-8-7-20-14-22/h1-4,7-8,14H,5-6,9-13,19H2,(H,21,23). The van der Waals surface area contributed by atoms with Gasteiger partial charge < -0.3 is 20.4 Å². The number of amides is 1. The van der Waals surface area contributed by atoms with E-state index in [1.165, 1.54) is 5.56 Å². The number of nitrogens with zero attached hydrogens (tertiary/aromatic N) is 2. The van der Waals surface area contributed by atoms with Gasteiger partial charge in [-0.15, -0.1) is 0 Å². The third-order valence-corrected chi connectivity index (χ3v) is 4.79. The summed E-state index contributed by atoms with van der Waals surface area (Å²) < 4.78 is 7.39. The van der Waals surface area contributed by atoms with Crippen molar-refractivity contribution in [2.24, 2.45) is 11.1 Å². The molecule has 0 unspecified atom stereocenters. The Balaban J connectivity index is 1.67. The van der Waals surface area contributed by atoms with Crippen LogP contribution >= 0.6 is 0 Å². The van der Waals surface area contributed by atoms with E-state index in [-0.39, 0.29) is 5.91 Å². The molecule has 3 rings (SSSR count). The third kappa shape index (κ3) is 3.66. The summed E-state index contributed by atoms with van der Waals surface area (Å²) in [6.07, 6.45) is 6.86. The number of aromatic nitrogens is 2. The molecule has 1 aromatic heterocycles. The predicted molar refractivity (Wildman–Crippen MR) is 91.2 cm³/mol. The van der Waals surface area contributed by atoms with Crippen LogP contribution in [0.25, 0.3) is 0 Å². The summed E-state index contributed by atoms with van der Waals surface area (Å²) in [6, 6.07) is 8.13. The van der Waals surface area contributed by atoms with Crippen molar-refractivity contribution in [1.82, 2.24) is 14.9 Å². The molecule has 2 aromatic rings. The highest BCUT2D eigenvalue weighted by Crippen LogP contribution is 2.29. The van der Waals surface area contributed by atoms with Crippen molar-refractivity contribution in [3.63, 3.8) is 0 Å². The van der Waals surface area contributed by atoms with Gasteiger partial charge in [-0.2, -0.15) is 0 Å². The lowest BCUT2D eigenvalue weighted by molar-refractivity contribution is -0.136. The number of carbonyl (C=O) groups is 1. The Labute approximate surface area is 142 Å². The first-order valence-corrected chi connectivity index (χ1v) is 8.32. The number of imidazole rings is 1. The number of hydrogen-bond donors (Lipinski definition) is 2. The van der Waals surface area contributed by atoms with E-state index in [1.54, 1.807) is 12.5 Å². The minimum Gasteiger partial charge on any atom is -0.381 e. The molecule has 1 aliphatic heterocycles. The van der Waals surface area contributed by atoms with Gasteiger partial charge in [0.05, 0.1) is 11.7 Å². The van der Waals surface area contributed by atoms with E-state index < -0.39 is 5.41 Å². The van der Waals surface area contributed by atoms with Crippen LogP contribution < -0.4 is 11.1 Å². The second-order valence-electron chi connectivity index (χ2n) is 6.28. The number of carbonyl (C=O) groups excluding carboxylic acids is 1. The van der Waals surface area contributed by atoms with Gasteiger partial charge in [0.15, 0.2) is 0 Å². The summed E-state index contributed by atoms with van der Waals surface area (Å²) in [4.78, 5) is 16.8. The minimum absolute atomic E-state index is 0.0331. The SMILES string of the molecule is NCC1(C(=O)NCc2ccccc2Cn2ccnc2)CCOCC1. The van der Waals surface area contributed by atoms with Gasteiger partial charge in [-0.3, -0.25) is 4.79 Å². The lowest BCUT2D eigenvalue weighted by atomic mass is 9.79. The molecule has 1 saturated heterocycles. The van der Waals surface area contributed by atoms with Crippen molar-refractivity contribution in [2.45, 2.75) is 25.9 Å². The van der Waals surface area contributed by atoms with Gasteiger partial charge in [-0.05, 0) is 24.0 Å². The molecule has 6 heteroatoms. The molecule has 2 heterocycles. The summed E-state index contributed by atoms with van der Waals surface area (Å²) in [6.45, 7) is 2.80. The van der Waals surface area contributed by atoms with E-state index in [0.29, 0.717) is 39.1 Å². The van der Waals surface area contributed by atoms with Crippen LogP contribution in [-0.2, 0) is 22.6 Å². The normalized spacial score (nSPS) is 16.7. The third-order valence-electron chi connectivity index (χ3n) is 4.79. The van der Waals surface area contributed by atoms with Gasteiger partial charge in [-0.1, -0.05) is 24.3 Å². The summed E-state index contributed by atoms with van der Waals surface area (Å²) in [7, 11) is 0. The molecule has 1 amide bonds. The van der Waals surface area contributed by atoms with Gasteiger partial charge in [0.25, 0.3) is 0 Å². The average molecular weight is 328 g/mol. The van der Waals surface area contributed by atoms with E-state index in [1.807, 2.05) is 29.0 Å². The molecule has 24 heavy (non-hydrogen) atoms. The van der Waals surface area contributed by atoms with Crippen LogP contribution in [0.4, 0.5) is 0 Å². The van der Waals surface area contributed by atoms with Crippen molar-refractivity contribution in [1.29, 1.82) is 0 Å². The molecule has 0 spiro atoms. The molecule has 1 fully saturated rings. The zero-order valence-corrected chi connectivity index (χ0v) is 13.8.